The van der Waals surface area contributed by atoms with E-state index in [1.807, 2.05) is 8.87 Å². The van der Waals surface area contributed by atoms with E-state index in [9.17, 15) is 0 Å². The number of aryl methyl sites for hydroxylation is 4. The van der Waals surface area contributed by atoms with Gasteiger partial charge in [-0.1, -0.05) is 207 Å². The fourth-order valence-corrected chi connectivity index (χ4v) is 29.4. The quantitative estimate of drug-likeness (QED) is 0.0282. The number of unbranched alkanes of at least 4 members (excludes halogenated alkanes) is 40. The first-order valence-electron chi connectivity index (χ1n) is 43.8. The molecule has 4 nitrogen and oxygen atoms in total. The first kappa shape index (κ1) is 86.9. The molecule has 0 aliphatic heterocycles. The molecule has 8 heteroatoms. The van der Waals surface area contributed by atoms with Crippen LogP contribution in [0.2, 0.25) is 0 Å². The van der Waals surface area contributed by atoms with Gasteiger partial charge >= 0.3 is 451 Å². The Bertz CT molecular complexity index is 3240. The molecule has 0 saturated carbocycles. The maximum absolute atomic E-state index is 16.0. The van der Waals surface area contributed by atoms with Crippen LogP contribution in [0, 0.1) is 25.7 Å². The average molecular weight is 1740 g/mol. The number of fused-ring (bicyclic) bond motifs is 4. The van der Waals surface area contributed by atoms with Gasteiger partial charge in [0.2, 0.25) is 0 Å². The summed E-state index contributed by atoms with van der Waals surface area (Å²) >= 11 is -0.768. The summed E-state index contributed by atoms with van der Waals surface area (Å²) in [5, 5.41) is 0. The summed E-state index contributed by atoms with van der Waals surface area (Å²) in [6.07, 6.45) is 75.7. The summed E-state index contributed by atoms with van der Waals surface area (Å²) in [5.41, 5.74) is 7.64. The Labute approximate surface area is 652 Å². The van der Waals surface area contributed by atoms with E-state index in [0.717, 1.165) is 72.8 Å². The minimum atomic E-state index is -0.869. The fourth-order valence-electron chi connectivity index (χ4n) is 17.3. The van der Waals surface area contributed by atoms with Gasteiger partial charge in [-0.3, -0.25) is 0 Å². The fraction of sp³-hybridized carbons (Fsp3) is 0.742. The molecule has 101 heavy (non-hydrogen) atoms. The molecule has 0 fully saturated rings. The van der Waals surface area contributed by atoms with Crippen molar-refractivity contribution in [3.8, 4) is 37.4 Å². The molecule has 6 heterocycles. The van der Waals surface area contributed by atoms with Gasteiger partial charge in [0.15, 0.2) is 0 Å². The molecule has 0 spiro atoms. The second kappa shape index (κ2) is 51.9. The SMILES string of the molecule is CCCCCCCCCCCCC(CCCCCCCCCC)CCCCn1c(=O)c(-c2ccc(C)[te]2)cc2c1cc(-c1ccc(-c3cc4c([se]3)C(CCCCCC)(CCCCCC)c3[se]c(C)cc3-4)[te]1)c(=O)n2CCCCC(CCCCCCCCCC)CCCCCCCCCCCC. The van der Waals surface area contributed by atoms with Crippen LogP contribution in [-0.2, 0) is 18.5 Å². The van der Waals surface area contributed by atoms with E-state index in [-0.39, 0.29) is 16.5 Å². The molecule has 0 N–H and O–H groups in total. The molecule has 7 rings (SSSR count). The molecule has 0 aromatic carbocycles. The van der Waals surface area contributed by atoms with E-state index in [0.29, 0.717) is 29.0 Å². The number of aromatic nitrogens is 2. The monoisotopic (exact) mass is 1750 g/mol. The van der Waals surface area contributed by atoms with Crippen LogP contribution in [0.15, 0.2) is 58.1 Å². The van der Waals surface area contributed by atoms with Crippen molar-refractivity contribution in [3.05, 3.63) is 86.1 Å². The summed E-state index contributed by atoms with van der Waals surface area (Å²) in [7, 11) is 0. The van der Waals surface area contributed by atoms with Crippen molar-refractivity contribution in [3.63, 3.8) is 0 Å². The minimum Gasteiger partial charge on any atom is -0.0654 e. The minimum absolute atomic E-state index is 0.180. The zero-order valence-electron chi connectivity index (χ0n) is 66.6. The number of nitrogens with zero attached hydrogens (tertiary/aromatic N) is 2. The Balaban J connectivity index is 1.19. The number of hydrogen-bond acceptors (Lipinski definition) is 2. The van der Waals surface area contributed by atoms with Gasteiger partial charge in [-0.15, -0.1) is 0 Å². The van der Waals surface area contributed by atoms with E-state index in [1.165, 1.54) is 345 Å². The Kier molecular flexibility index (Phi) is 44.7. The van der Waals surface area contributed by atoms with E-state index >= 15 is 9.59 Å². The molecule has 0 amide bonds. The standard InChI is InChI=1S/C93H150N2O2Se2Te2/c1-9-15-21-27-31-35-37-41-45-49-59-77(57-47-43-39-33-29-23-17-11-3)61-51-55-69-94-84-73-82(87-65-66-88(101-87)85-74-80-79-71-75(7)98-89(79)93(90(80)99-85,67-53-25-19-13-5)68-54-26-20-14-6)92(97)95(83(84)72-81(91(94)96)86-64-63-76(8)100-86)70-56-52-62-78(58-48-44-40-34-30-24-18-12-4)60-50-46-42-38-36-32-28-22-16-10-2/h63-66,71-74,77-78H,9-62,67-70H2,1-8H3. The van der Waals surface area contributed by atoms with E-state index in [1.54, 1.807) is 23.6 Å². The molecule has 6 aromatic heterocycles. The van der Waals surface area contributed by atoms with Gasteiger partial charge in [-0.25, -0.2) is 0 Å². The summed E-state index contributed by atoms with van der Waals surface area (Å²) in [6, 6.07) is 19.2. The van der Waals surface area contributed by atoms with Crippen molar-refractivity contribution < 1.29 is 0 Å². The van der Waals surface area contributed by atoms with Crippen LogP contribution in [0.3, 0.4) is 0 Å². The van der Waals surface area contributed by atoms with Crippen LogP contribution < -0.4 is 11.1 Å². The third-order valence-electron chi connectivity index (χ3n) is 23.5. The Morgan fingerprint density at radius 2 is 0.634 bits per heavy atom. The molecule has 1 aliphatic carbocycles. The van der Waals surface area contributed by atoms with Crippen LogP contribution in [0.25, 0.3) is 48.5 Å². The van der Waals surface area contributed by atoms with Crippen LogP contribution in [0.1, 0.15) is 418 Å². The Morgan fingerprint density at radius 1 is 0.327 bits per heavy atom. The van der Waals surface area contributed by atoms with Gasteiger partial charge in [0, 0.05) is 0 Å². The van der Waals surface area contributed by atoms with Crippen LogP contribution in [0.5, 0.6) is 0 Å². The average Bonchev–Trinajstić information content (AvgIpc) is 1.55. The van der Waals surface area contributed by atoms with Crippen molar-refractivity contribution in [2.45, 2.75) is 433 Å². The molecule has 1 aliphatic rings. The third-order valence-corrected chi connectivity index (χ3v) is 36.1. The molecule has 6 aromatic rings. The van der Waals surface area contributed by atoms with Crippen molar-refractivity contribution in [2.24, 2.45) is 11.8 Å². The molecule has 2 unspecified atom stereocenters. The molecule has 0 bridgehead atoms. The molecular weight excluding hydrogens is 1590 g/mol. The van der Waals surface area contributed by atoms with E-state index in [2.05, 4.69) is 113 Å². The normalized spacial score (nSPS) is 13.3. The molecular formula is C93H150N2O2Se2Te2. The van der Waals surface area contributed by atoms with Gasteiger partial charge in [0.25, 0.3) is 0 Å². The summed E-state index contributed by atoms with van der Waals surface area (Å²) < 4.78 is 16.9. The summed E-state index contributed by atoms with van der Waals surface area (Å²) in [6.45, 7) is 20.2. The second-order valence-corrected chi connectivity index (χ2v) is 43.8. The first-order chi connectivity index (χ1) is 49.6. The third kappa shape index (κ3) is 29.6. The van der Waals surface area contributed by atoms with E-state index in [4.69, 9.17) is 0 Å². The Morgan fingerprint density at radius 3 is 1.00 bits per heavy atom. The zero-order chi connectivity index (χ0) is 71.5. The topological polar surface area (TPSA) is 44.0 Å². The van der Waals surface area contributed by atoms with Gasteiger partial charge in [0.1, 0.15) is 0 Å². The van der Waals surface area contributed by atoms with E-state index < -0.39 is 40.9 Å². The van der Waals surface area contributed by atoms with Crippen molar-refractivity contribution in [1.82, 2.24) is 9.13 Å². The number of hydrogen-bond donors (Lipinski definition) is 0. The molecule has 568 valence electrons. The molecule has 0 saturated heterocycles. The van der Waals surface area contributed by atoms with Crippen molar-refractivity contribution >= 4 is 80.9 Å². The number of pyridine rings is 2. The second-order valence-electron chi connectivity index (χ2n) is 32.2. The predicted octanol–water partition coefficient (Wildman–Crippen LogP) is 28.5. The molecule has 0 radical (unpaired) electrons. The van der Waals surface area contributed by atoms with Crippen molar-refractivity contribution in [2.75, 3.05) is 0 Å². The van der Waals surface area contributed by atoms with Gasteiger partial charge in [-0.2, -0.15) is 0 Å². The Hall–Kier alpha value is -1.30. The smallest absolute Gasteiger partial charge is 0.0654 e. The van der Waals surface area contributed by atoms with Gasteiger partial charge < -0.3 is 0 Å². The van der Waals surface area contributed by atoms with Gasteiger partial charge in [0.05, 0.1) is 0 Å². The predicted molar refractivity (Wildman–Crippen MR) is 452 cm³/mol. The first-order valence-corrected chi connectivity index (χ1v) is 51.9. The molecule has 2 atom stereocenters. The van der Waals surface area contributed by atoms with Gasteiger partial charge in [-0.05, 0) is 0 Å². The zero-order valence-corrected chi connectivity index (χ0v) is 74.7. The summed E-state index contributed by atoms with van der Waals surface area (Å²) in [5.74, 6) is 1.55. The summed E-state index contributed by atoms with van der Waals surface area (Å²) in [4.78, 5) is 31.7. The van der Waals surface area contributed by atoms with Crippen LogP contribution in [-0.4, -0.2) is 79.0 Å². The van der Waals surface area contributed by atoms with Crippen LogP contribution >= 0.6 is 0 Å². The maximum atomic E-state index is 16.0. The van der Waals surface area contributed by atoms with Crippen LogP contribution in [0.4, 0.5) is 0 Å². The number of rotatable bonds is 63. The van der Waals surface area contributed by atoms with Crippen molar-refractivity contribution in [1.29, 1.82) is 0 Å².